The minimum Gasteiger partial charge on any atom is -0.236 e. The van der Waals surface area contributed by atoms with Crippen molar-refractivity contribution in [3.8, 4) is 5.69 Å². The van der Waals surface area contributed by atoms with Gasteiger partial charge in [-0.15, -0.1) is 0 Å². The van der Waals surface area contributed by atoms with E-state index in [4.69, 9.17) is 11.6 Å². The second kappa shape index (κ2) is 5.14. The van der Waals surface area contributed by atoms with Gasteiger partial charge in [-0.2, -0.15) is 5.10 Å². The zero-order valence-electron chi connectivity index (χ0n) is 12.0. The molecule has 4 nitrogen and oxygen atoms in total. The van der Waals surface area contributed by atoms with Crippen LogP contribution in [0.4, 0.5) is 0 Å². The van der Waals surface area contributed by atoms with Crippen LogP contribution in [0.5, 0.6) is 0 Å². The summed E-state index contributed by atoms with van der Waals surface area (Å²) in [6, 6.07) is 6.94. The average molecular weight is 325 g/mol. The van der Waals surface area contributed by atoms with Crippen molar-refractivity contribution in [3.63, 3.8) is 0 Å². The molecule has 1 aliphatic carbocycles. The Morgan fingerprint density at radius 1 is 1.33 bits per heavy atom. The molecule has 0 atom stereocenters. The summed E-state index contributed by atoms with van der Waals surface area (Å²) < 4.78 is 25.0. The highest BCUT2D eigenvalue weighted by molar-refractivity contribution is 7.90. The van der Waals surface area contributed by atoms with Gasteiger partial charge >= 0.3 is 0 Å². The van der Waals surface area contributed by atoms with Gasteiger partial charge in [0, 0.05) is 17.9 Å². The predicted octanol–water partition coefficient (Wildman–Crippen LogP) is 3.37. The first kappa shape index (κ1) is 14.6. The summed E-state index contributed by atoms with van der Waals surface area (Å²) in [5.41, 5.74) is 2.94. The Morgan fingerprint density at radius 3 is 2.57 bits per heavy atom. The number of hydrogen-bond acceptors (Lipinski definition) is 3. The fourth-order valence-electron chi connectivity index (χ4n) is 2.37. The molecule has 21 heavy (non-hydrogen) atoms. The summed E-state index contributed by atoms with van der Waals surface area (Å²) in [5.74, 6) is 0.545. The van der Waals surface area contributed by atoms with E-state index in [9.17, 15) is 8.42 Å². The third kappa shape index (κ3) is 2.85. The highest BCUT2D eigenvalue weighted by Crippen LogP contribution is 2.41. The largest absolute Gasteiger partial charge is 0.236 e. The number of benzene rings is 1. The molecular formula is C15H17ClN2O2S. The van der Waals surface area contributed by atoms with Gasteiger partial charge in [0.2, 0.25) is 0 Å². The van der Waals surface area contributed by atoms with E-state index in [1.807, 2.05) is 4.68 Å². The van der Waals surface area contributed by atoms with Gasteiger partial charge in [-0.3, -0.25) is 0 Å². The Labute approximate surface area is 129 Å². The summed E-state index contributed by atoms with van der Waals surface area (Å²) in [7, 11) is -3.25. The van der Waals surface area contributed by atoms with Crippen molar-refractivity contribution in [2.75, 3.05) is 6.26 Å². The van der Waals surface area contributed by atoms with E-state index in [1.165, 1.54) is 30.9 Å². The van der Waals surface area contributed by atoms with Gasteiger partial charge in [0.1, 0.15) is 0 Å². The topological polar surface area (TPSA) is 52.0 Å². The van der Waals surface area contributed by atoms with Crippen LogP contribution in [0.3, 0.4) is 0 Å². The molecule has 0 N–H and O–H groups in total. The minimum absolute atomic E-state index is 0.229. The van der Waals surface area contributed by atoms with E-state index >= 15 is 0 Å². The number of rotatable bonds is 4. The van der Waals surface area contributed by atoms with Crippen LogP contribution < -0.4 is 0 Å². The molecule has 0 saturated heterocycles. The molecule has 1 aromatic carbocycles. The van der Waals surface area contributed by atoms with Crippen molar-refractivity contribution < 1.29 is 8.42 Å². The first-order chi connectivity index (χ1) is 9.90. The Balaban J connectivity index is 2.10. The zero-order valence-corrected chi connectivity index (χ0v) is 13.6. The second-order valence-electron chi connectivity index (χ2n) is 5.49. The Morgan fingerprint density at radius 2 is 2.05 bits per heavy atom. The summed E-state index contributed by atoms with van der Waals surface area (Å²) in [6.07, 6.45) is 4.39. The van der Waals surface area contributed by atoms with Gasteiger partial charge in [-0.1, -0.05) is 18.5 Å². The Hall–Kier alpha value is -1.33. The molecule has 1 saturated carbocycles. The number of aryl methyl sites for hydroxylation is 1. The van der Waals surface area contributed by atoms with Crippen LogP contribution in [-0.2, 0) is 16.3 Å². The highest BCUT2D eigenvalue weighted by Gasteiger charge is 2.29. The van der Waals surface area contributed by atoms with Crippen molar-refractivity contribution in [2.24, 2.45) is 0 Å². The van der Waals surface area contributed by atoms with Gasteiger partial charge in [0.25, 0.3) is 0 Å². The molecule has 0 bridgehead atoms. The molecule has 3 rings (SSSR count). The molecular weight excluding hydrogens is 308 g/mol. The lowest BCUT2D eigenvalue weighted by Gasteiger charge is -2.10. The summed E-state index contributed by atoms with van der Waals surface area (Å²) in [4.78, 5) is 0.229. The molecule has 0 amide bonds. The van der Waals surface area contributed by atoms with Crippen molar-refractivity contribution in [2.45, 2.75) is 37.0 Å². The second-order valence-corrected chi connectivity index (χ2v) is 7.91. The molecule has 1 aromatic heterocycles. The van der Waals surface area contributed by atoms with Gasteiger partial charge in [-0.05, 0) is 43.5 Å². The lowest BCUT2D eigenvalue weighted by Crippen LogP contribution is -2.04. The summed E-state index contributed by atoms with van der Waals surface area (Å²) >= 11 is 6.29. The maximum Gasteiger partial charge on any atom is 0.175 e. The monoisotopic (exact) mass is 324 g/mol. The van der Waals surface area contributed by atoms with Crippen LogP contribution in [0.2, 0.25) is 5.02 Å². The fourth-order valence-corrected chi connectivity index (χ4v) is 3.34. The molecule has 6 heteroatoms. The molecule has 112 valence electrons. The fraction of sp³-hybridized carbons (Fsp3) is 0.400. The van der Waals surface area contributed by atoms with E-state index < -0.39 is 9.84 Å². The van der Waals surface area contributed by atoms with Gasteiger partial charge in [0.05, 0.1) is 21.3 Å². The number of nitrogens with zero attached hydrogens (tertiary/aromatic N) is 2. The molecule has 0 unspecified atom stereocenters. The zero-order chi connectivity index (χ0) is 15.2. The molecule has 0 radical (unpaired) electrons. The van der Waals surface area contributed by atoms with Gasteiger partial charge in [0.15, 0.2) is 9.84 Å². The van der Waals surface area contributed by atoms with Crippen LogP contribution in [0.25, 0.3) is 5.69 Å². The number of halogens is 1. The quantitative estimate of drug-likeness (QED) is 0.866. The lowest BCUT2D eigenvalue weighted by molar-refractivity contribution is 0.602. The van der Waals surface area contributed by atoms with Crippen LogP contribution in [0.15, 0.2) is 29.2 Å². The van der Waals surface area contributed by atoms with Crippen LogP contribution in [0, 0.1) is 0 Å². The summed E-state index contributed by atoms with van der Waals surface area (Å²) in [5, 5.41) is 5.00. The van der Waals surface area contributed by atoms with E-state index in [-0.39, 0.29) is 4.90 Å². The van der Waals surface area contributed by atoms with Crippen molar-refractivity contribution in [1.29, 1.82) is 0 Å². The van der Waals surface area contributed by atoms with Gasteiger partial charge in [-0.25, -0.2) is 13.1 Å². The van der Waals surface area contributed by atoms with E-state index in [2.05, 4.69) is 18.1 Å². The maximum atomic E-state index is 11.6. The first-order valence-corrected chi connectivity index (χ1v) is 9.26. The van der Waals surface area contributed by atoms with Crippen molar-refractivity contribution >= 4 is 21.4 Å². The molecule has 2 aromatic rings. The van der Waals surface area contributed by atoms with E-state index in [0.29, 0.717) is 10.9 Å². The smallest absolute Gasteiger partial charge is 0.175 e. The number of sulfone groups is 1. The van der Waals surface area contributed by atoms with Crippen LogP contribution in [-0.4, -0.2) is 24.5 Å². The third-order valence-corrected chi connectivity index (χ3v) is 5.13. The Bertz CT molecular complexity index is 792. The Kier molecular flexibility index (Phi) is 3.58. The molecule has 0 aliphatic heterocycles. The molecule has 0 spiro atoms. The molecule has 1 aliphatic rings. The standard InChI is InChI=1S/C15H17ClN2O2S/c1-3-11-8-15(10-4-5-10)18(17-11)14-7-6-12(9-13(14)16)21(2,19)20/h6-10H,3-5H2,1-2H3. The van der Waals surface area contributed by atoms with Gasteiger partial charge < -0.3 is 0 Å². The van der Waals surface area contributed by atoms with Crippen molar-refractivity contribution in [1.82, 2.24) is 9.78 Å². The van der Waals surface area contributed by atoms with Crippen LogP contribution >= 0.6 is 11.6 Å². The third-order valence-electron chi connectivity index (χ3n) is 3.72. The number of hydrogen-bond donors (Lipinski definition) is 0. The first-order valence-electron chi connectivity index (χ1n) is 6.99. The normalized spacial score (nSPS) is 15.4. The predicted molar refractivity (Wildman–Crippen MR) is 83.0 cm³/mol. The average Bonchev–Trinajstić information content (AvgIpc) is 3.17. The highest BCUT2D eigenvalue weighted by atomic mass is 35.5. The van der Waals surface area contributed by atoms with Crippen LogP contribution in [0.1, 0.15) is 37.1 Å². The lowest BCUT2D eigenvalue weighted by atomic mass is 10.2. The molecule has 1 fully saturated rings. The molecule has 1 heterocycles. The van der Waals surface area contributed by atoms with E-state index in [1.54, 1.807) is 12.1 Å². The van der Waals surface area contributed by atoms with Crippen molar-refractivity contribution in [3.05, 3.63) is 40.7 Å². The summed E-state index contributed by atoms with van der Waals surface area (Å²) in [6.45, 7) is 2.07. The SMILES string of the molecule is CCc1cc(C2CC2)n(-c2ccc(S(C)(=O)=O)cc2Cl)n1. The van der Waals surface area contributed by atoms with E-state index in [0.717, 1.165) is 17.8 Å². The number of aromatic nitrogens is 2. The maximum absolute atomic E-state index is 11.6. The minimum atomic E-state index is -3.25.